The average Bonchev–Trinajstić information content (AvgIpc) is 2.75. The van der Waals surface area contributed by atoms with Gasteiger partial charge in [0.05, 0.1) is 19.8 Å². The number of unbranched alkanes of at least 4 members (excludes halogenated alkanes) is 3. The van der Waals surface area contributed by atoms with Crippen molar-refractivity contribution >= 4 is 0 Å². The summed E-state index contributed by atoms with van der Waals surface area (Å²) in [5.74, 6) is 1.55. The summed E-state index contributed by atoms with van der Waals surface area (Å²) in [6.07, 6.45) is 5.16. The predicted molar refractivity (Wildman–Crippen MR) is 112 cm³/mol. The fraction of sp³-hybridized carbons (Fsp3) is 0.478. The Morgan fingerprint density at radius 1 is 0.786 bits per heavy atom. The van der Waals surface area contributed by atoms with Gasteiger partial charge < -0.3 is 25.0 Å². The zero-order valence-electron chi connectivity index (χ0n) is 16.6. The molecule has 0 radical (unpaired) electrons. The molecule has 28 heavy (non-hydrogen) atoms. The minimum absolute atomic E-state index is 0.0806. The Labute approximate surface area is 168 Å². The maximum absolute atomic E-state index is 9.29. The first-order valence-electron chi connectivity index (χ1n) is 10.2. The van der Waals surface area contributed by atoms with Crippen molar-refractivity contribution in [2.24, 2.45) is 0 Å². The van der Waals surface area contributed by atoms with E-state index in [2.05, 4.69) is 5.32 Å². The van der Waals surface area contributed by atoms with Crippen molar-refractivity contribution in [2.45, 2.75) is 44.8 Å². The van der Waals surface area contributed by atoms with Crippen LogP contribution in [0.15, 0.2) is 54.6 Å². The molecule has 0 aliphatic rings. The SMILES string of the molecule is OCCNC(CO)CCCCCCOc1ccccc1OCc1ccccc1. The molecule has 0 aliphatic carbocycles. The van der Waals surface area contributed by atoms with Gasteiger partial charge in [0.15, 0.2) is 11.5 Å². The average molecular weight is 388 g/mol. The molecule has 0 aliphatic heterocycles. The maximum atomic E-state index is 9.29. The van der Waals surface area contributed by atoms with E-state index in [9.17, 15) is 5.11 Å². The van der Waals surface area contributed by atoms with Gasteiger partial charge in [-0.05, 0) is 30.5 Å². The lowest BCUT2D eigenvalue weighted by Gasteiger charge is -2.15. The Kier molecular flexibility index (Phi) is 11.1. The number of rotatable bonds is 15. The van der Waals surface area contributed by atoms with Gasteiger partial charge in [-0.25, -0.2) is 0 Å². The molecule has 0 bridgehead atoms. The predicted octanol–water partition coefficient (Wildman–Crippen LogP) is 3.54. The van der Waals surface area contributed by atoms with Crippen LogP contribution >= 0.6 is 0 Å². The van der Waals surface area contributed by atoms with Crippen molar-refractivity contribution < 1.29 is 19.7 Å². The lowest BCUT2D eigenvalue weighted by atomic mass is 10.1. The molecule has 0 spiro atoms. The highest BCUT2D eigenvalue weighted by molar-refractivity contribution is 5.39. The van der Waals surface area contributed by atoms with Crippen molar-refractivity contribution in [3.63, 3.8) is 0 Å². The van der Waals surface area contributed by atoms with E-state index in [0.717, 1.165) is 49.2 Å². The molecule has 1 atom stereocenters. The number of para-hydroxylation sites is 2. The van der Waals surface area contributed by atoms with Crippen LogP contribution in [0.25, 0.3) is 0 Å². The van der Waals surface area contributed by atoms with Crippen molar-refractivity contribution in [1.29, 1.82) is 0 Å². The van der Waals surface area contributed by atoms with Crippen LogP contribution in [-0.4, -0.2) is 42.6 Å². The maximum Gasteiger partial charge on any atom is 0.161 e. The third kappa shape index (κ3) is 8.74. The molecule has 0 saturated carbocycles. The molecule has 5 nitrogen and oxygen atoms in total. The summed E-state index contributed by atoms with van der Waals surface area (Å²) in [5.41, 5.74) is 1.13. The van der Waals surface area contributed by atoms with E-state index in [-0.39, 0.29) is 19.3 Å². The van der Waals surface area contributed by atoms with Crippen LogP contribution < -0.4 is 14.8 Å². The quantitative estimate of drug-likeness (QED) is 0.408. The zero-order chi connectivity index (χ0) is 19.9. The molecule has 2 aromatic carbocycles. The molecular formula is C23H33NO4. The summed E-state index contributed by atoms with van der Waals surface area (Å²) in [7, 11) is 0. The third-order valence-electron chi connectivity index (χ3n) is 4.56. The van der Waals surface area contributed by atoms with Gasteiger partial charge in [-0.3, -0.25) is 0 Å². The summed E-state index contributed by atoms with van der Waals surface area (Å²) >= 11 is 0. The van der Waals surface area contributed by atoms with Crippen LogP contribution in [0.1, 0.15) is 37.7 Å². The molecule has 2 aromatic rings. The second kappa shape index (κ2) is 14.0. The van der Waals surface area contributed by atoms with Crippen molar-refractivity contribution in [2.75, 3.05) is 26.4 Å². The number of hydrogen-bond donors (Lipinski definition) is 3. The highest BCUT2D eigenvalue weighted by Gasteiger charge is 2.06. The molecule has 0 saturated heterocycles. The highest BCUT2D eigenvalue weighted by Crippen LogP contribution is 2.27. The second-order valence-electron chi connectivity index (χ2n) is 6.83. The van der Waals surface area contributed by atoms with Crippen LogP contribution in [0.3, 0.4) is 0 Å². The van der Waals surface area contributed by atoms with Gasteiger partial charge in [-0.1, -0.05) is 61.7 Å². The van der Waals surface area contributed by atoms with Gasteiger partial charge in [-0.15, -0.1) is 0 Å². The summed E-state index contributed by atoms with van der Waals surface area (Å²) in [6, 6.07) is 18.0. The van der Waals surface area contributed by atoms with Gasteiger partial charge in [0.2, 0.25) is 0 Å². The van der Waals surface area contributed by atoms with E-state index in [1.54, 1.807) is 0 Å². The molecule has 154 valence electrons. The lowest BCUT2D eigenvalue weighted by Crippen LogP contribution is -2.34. The van der Waals surface area contributed by atoms with Crippen LogP contribution in [0.5, 0.6) is 11.5 Å². The van der Waals surface area contributed by atoms with E-state index in [4.69, 9.17) is 14.6 Å². The second-order valence-corrected chi connectivity index (χ2v) is 6.83. The fourth-order valence-electron chi connectivity index (χ4n) is 2.98. The Bertz CT molecular complexity index is 636. The van der Waals surface area contributed by atoms with E-state index < -0.39 is 0 Å². The molecular weight excluding hydrogens is 354 g/mol. The Balaban J connectivity index is 1.62. The normalized spacial score (nSPS) is 11.9. The van der Waals surface area contributed by atoms with E-state index in [1.165, 1.54) is 0 Å². The first-order valence-corrected chi connectivity index (χ1v) is 10.2. The van der Waals surface area contributed by atoms with E-state index in [0.29, 0.717) is 19.8 Å². The Morgan fingerprint density at radius 3 is 2.18 bits per heavy atom. The number of aliphatic hydroxyl groups is 2. The van der Waals surface area contributed by atoms with Crippen LogP contribution in [-0.2, 0) is 6.61 Å². The molecule has 0 heterocycles. The van der Waals surface area contributed by atoms with Gasteiger partial charge in [0, 0.05) is 12.6 Å². The van der Waals surface area contributed by atoms with Gasteiger partial charge in [0.1, 0.15) is 6.61 Å². The molecule has 0 aromatic heterocycles. The number of benzene rings is 2. The molecule has 5 heteroatoms. The monoisotopic (exact) mass is 387 g/mol. The Hall–Kier alpha value is -2.08. The van der Waals surface area contributed by atoms with Crippen molar-refractivity contribution in [3.8, 4) is 11.5 Å². The van der Waals surface area contributed by atoms with E-state index in [1.807, 2.05) is 54.6 Å². The molecule has 2 rings (SSSR count). The minimum Gasteiger partial charge on any atom is -0.490 e. The first-order chi connectivity index (χ1) is 13.8. The van der Waals surface area contributed by atoms with E-state index >= 15 is 0 Å². The molecule has 0 fully saturated rings. The van der Waals surface area contributed by atoms with Crippen LogP contribution in [0.4, 0.5) is 0 Å². The fourth-order valence-corrected chi connectivity index (χ4v) is 2.98. The van der Waals surface area contributed by atoms with Crippen molar-refractivity contribution in [1.82, 2.24) is 5.32 Å². The highest BCUT2D eigenvalue weighted by atomic mass is 16.5. The number of aliphatic hydroxyl groups excluding tert-OH is 2. The standard InChI is InChI=1S/C23H33NO4/c25-16-15-24-21(18-26)12-6-1-2-9-17-27-22-13-7-8-14-23(22)28-19-20-10-4-3-5-11-20/h3-5,7-8,10-11,13-14,21,24-26H,1-2,6,9,12,15-19H2. The Morgan fingerprint density at radius 2 is 1.46 bits per heavy atom. The molecule has 1 unspecified atom stereocenters. The number of ether oxygens (including phenoxy) is 2. The zero-order valence-corrected chi connectivity index (χ0v) is 16.6. The summed E-state index contributed by atoms with van der Waals surface area (Å²) in [5, 5.41) is 21.2. The summed E-state index contributed by atoms with van der Waals surface area (Å²) in [4.78, 5) is 0. The first kappa shape index (κ1) is 22.2. The van der Waals surface area contributed by atoms with Crippen LogP contribution in [0.2, 0.25) is 0 Å². The number of hydrogen-bond acceptors (Lipinski definition) is 5. The van der Waals surface area contributed by atoms with Crippen LogP contribution in [0, 0.1) is 0 Å². The summed E-state index contributed by atoms with van der Waals surface area (Å²) in [6.45, 7) is 1.94. The topological polar surface area (TPSA) is 71.0 Å². The van der Waals surface area contributed by atoms with Crippen molar-refractivity contribution in [3.05, 3.63) is 60.2 Å². The number of nitrogens with one attached hydrogen (secondary N) is 1. The summed E-state index contributed by atoms with van der Waals surface area (Å²) < 4.78 is 11.8. The van der Waals surface area contributed by atoms with Gasteiger partial charge in [0.25, 0.3) is 0 Å². The molecule has 3 N–H and O–H groups in total. The molecule has 0 amide bonds. The lowest BCUT2D eigenvalue weighted by molar-refractivity contribution is 0.217. The largest absolute Gasteiger partial charge is 0.490 e. The smallest absolute Gasteiger partial charge is 0.161 e. The minimum atomic E-state index is 0.0806. The third-order valence-corrected chi connectivity index (χ3v) is 4.56. The van der Waals surface area contributed by atoms with Gasteiger partial charge in [-0.2, -0.15) is 0 Å². The van der Waals surface area contributed by atoms with Gasteiger partial charge >= 0.3 is 0 Å².